The van der Waals surface area contributed by atoms with Crippen LogP contribution in [0.15, 0.2) is 51.5 Å². The molecule has 5 rings (SSSR count). The van der Waals surface area contributed by atoms with E-state index in [1.807, 2.05) is 16.7 Å². The minimum Gasteiger partial charge on any atom is -0.486 e. The van der Waals surface area contributed by atoms with Crippen LogP contribution in [0.25, 0.3) is 10.2 Å². The molecule has 8 nitrogen and oxygen atoms in total. The Labute approximate surface area is 199 Å². The lowest BCUT2D eigenvalue weighted by atomic mass is 9.99. The second-order valence-corrected chi connectivity index (χ2v) is 12.0. The number of aromatic nitrogens is 1. The first-order valence-electron chi connectivity index (χ1n) is 10.6. The predicted octanol–water partition coefficient (Wildman–Crippen LogP) is 3.25. The molecule has 2 aromatic heterocycles. The van der Waals surface area contributed by atoms with E-state index in [-0.39, 0.29) is 12.5 Å². The fourth-order valence-corrected chi connectivity index (χ4v) is 7.81. The summed E-state index contributed by atoms with van der Waals surface area (Å²) in [4.78, 5) is 18.1. The monoisotopic (exact) mass is 505 g/mol. The van der Waals surface area contributed by atoms with Gasteiger partial charge in [0.15, 0.2) is 16.3 Å². The maximum Gasteiger partial charge on any atom is 0.252 e. The van der Waals surface area contributed by atoms with E-state index in [4.69, 9.17) is 9.47 Å². The molecular weight excluding hydrogens is 482 g/mol. The molecule has 2 aliphatic rings. The van der Waals surface area contributed by atoms with E-state index in [0.717, 1.165) is 10.2 Å². The molecule has 0 radical (unpaired) electrons. The molecule has 174 valence electrons. The lowest BCUT2D eigenvalue weighted by Gasteiger charge is -2.29. The highest BCUT2D eigenvalue weighted by atomic mass is 32.2. The number of sulfonamides is 1. The summed E-state index contributed by atoms with van der Waals surface area (Å²) in [5.41, 5.74) is 0.890. The Morgan fingerprint density at radius 3 is 2.79 bits per heavy atom. The average Bonchev–Trinajstić information content (AvgIpc) is 3.47. The fourth-order valence-electron chi connectivity index (χ4n) is 4.08. The highest BCUT2D eigenvalue weighted by molar-refractivity contribution is 7.91. The summed E-state index contributed by atoms with van der Waals surface area (Å²) in [7, 11) is -3.59. The summed E-state index contributed by atoms with van der Waals surface area (Å²) in [5, 5.41) is 1.74. The number of piperidine rings is 1. The lowest BCUT2D eigenvalue weighted by molar-refractivity contribution is -0.122. The van der Waals surface area contributed by atoms with Crippen molar-refractivity contribution in [2.45, 2.75) is 23.6 Å². The van der Waals surface area contributed by atoms with Gasteiger partial charge in [-0.15, -0.1) is 17.9 Å². The zero-order valence-corrected chi connectivity index (χ0v) is 20.3. The standard InChI is InChI=1S/C22H23N3O5S3/c1-2-7-25-16-12-17-18(30-10-9-29-17)13-19(16)32-22(25)23-21(26)15-5-3-8-24(14-15)33(27,28)20-6-4-11-31-20/h2,4,6,11-13,15H,1,3,5,7-10,14H2. The molecule has 1 fully saturated rings. The summed E-state index contributed by atoms with van der Waals surface area (Å²) < 4.78 is 41.8. The number of nitrogens with zero attached hydrogens (tertiary/aromatic N) is 3. The lowest BCUT2D eigenvalue weighted by Crippen LogP contribution is -2.42. The minimum absolute atomic E-state index is 0.144. The quantitative estimate of drug-likeness (QED) is 0.497. The zero-order valence-electron chi connectivity index (χ0n) is 17.8. The van der Waals surface area contributed by atoms with Gasteiger partial charge in [0, 0.05) is 31.8 Å². The molecule has 3 aromatic rings. The van der Waals surface area contributed by atoms with Crippen molar-refractivity contribution >= 4 is 48.8 Å². The van der Waals surface area contributed by atoms with Crippen LogP contribution in [0, 0.1) is 5.92 Å². The molecule has 1 atom stereocenters. The molecule has 1 amide bonds. The topological polar surface area (TPSA) is 90.2 Å². The van der Waals surface area contributed by atoms with Gasteiger partial charge in [-0.1, -0.05) is 23.5 Å². The Morgan fingerprint density at radius 1 is 1.27 bits per heavy atom. The Bertz CT molecular complexity index is 1370. The van der Waals surface area contributed by atoms with E-state index >= 15 is 0 Å². The number of ether oxygens (including phenoxy) is 2. The van der Waals surface area contributed by atoms with Crippen LogP contribution >= 0.6 is 22.7 Å². The number of benzene rings is 1. The van der Waals surface area contributed by atoms with Crippen LogP contribution in [0.2, 0.25) is 0 Å². The van der Waals surface area contributed by atoms with Gasteiger partial charge >= 0.3 is 0 Å². The predicted molar refractivity (Wildman–Crippen MR) is 127 cm³/mol. The van der Waals surface area contributed by atoms with Crippen molar-refractivity contribution in [3.8, 4) is 11.5 Å². The van der Waals surface area contributed by atoms with Crippen molar-refractivity contribution in [1.82, 2.24) is 8.87 Å². The van der Waals surface area contributed by atoms with Gasteiger partial charge in [-0.2, -0.15) is 9.30 Å². The molecule has 0 saturated carbocycles. The van der Waals surface area contributed by atoms with E-state index < -0.39 is 15.9 Å². The number of rotatable bonds is 5. The first-order chi connectivity index (χ1) is 16.0. The van der Waals surface area contributed by atoms with Crippen LogP contribution in [-0.2, 0) is 21.4 Å². The minimum atomic E-state index is -3.59. The molecule has 0 aliphatic carbocycles. The third kappa shape index (κ3) is 4.25. The number of carbonyl (C=O) groups is 1. The maximum absolute atomic E-state index is 13.1. The largest absolute Gasteiger partial charge is 0.486 e. The average molecular weight is 506 g/mol. The van der Waals surface area contributed by atoms with Gasteiger partial charge in [-0.25, -0.2) is 8.42 Å². The van der Waals surface area contributed by atoms with Crippen LogP contribution in [-0.4, -0.2) is 49.5 Å². The van der Waals surface area contributed by atoms with Crippen LogP contribution in [0.1, 0.15) is 12.8 Å². The van der Waals surface area contributed by atoms with Gasteiger partial charge in [-0.3, -0.25) is 4.79 Å². The highest BCUT2D eigenvalue weighted by Gasteiger charge is 2.34. The molecule has 1 unspecified atom stereocenters. The second kappa shape index (κ2) is 9.05. The molecule has 0 spiro atoms. The number of thiazole rings is 1. The number of carbonyl (C=O) groups excluding carboxylic acids is 1. The third-order valence-corrected chi connectivity index (χ3v) is 9.97. The van der Waals surface area contributed by atoms with E-state index in [0.29, 0.717) is 59.7 Å². The summed E-state index contributed by atoms with van der Waals surface area (Å²) in [5.74, 6) is 0.572. The normalized spacial score (nSPS) is 19.6. The molecule has 33 heavy (non-hydrogen) atoms. The molecule has 0 bridgehead atoms. The molecule has 4 heterocycles. The van der Waals surface area contributed by atoms with Crippen LogP contribution < -0.4 is 14.3 Å². The first-order valence-corrected chi connectivity index (χ1v) is 13.8. The number of fused-ring (bicyclic) bond motifs is 2. The van der Waals surface area contributed by atoms with Gasteiger partial charge < -0.3 is 14.0 Å². The second-order valence-electron chi connectivity index (χ2n) is 7.83. The van der Waals surface area contributed by atoms with Gasteiger partial charge in [0.05, 0.1) is 16.1 Å². The van der Waals surface area contributed by atoms with E-state index in [2.05, 4.69) is 11.6 Å². The molecule has 1 saturated heterocycles. The number of hydrogen-bond acceptors (Lipinski definition) is 7. The first kappa shape index (κ1) is 22.3. The van der Waals surface area contributed by atoms with Crippen LogP contribution in [0.3, 0.4) is 0 Å². The highest BCUT2D eigenvalue weighted by Crippen LogP contribution is 2.35. The van der Waals surface area contributed by atoms with Gasteiger partial charge in [0.1, 0.15) is 17.4 Å². The Morgan fingerprint density at radius 2 is 2.06 bits per heavy atom. The smallest absolute Gasteiger partial charge is 0.252 e. The van der Waals surface area contributed by atoms with Crippen molar-refractivity contribution in [3.63, 3.8) is 0 Å². The summed E-state index contributed by atoms with van der Waals surface area (Å²) in [6.07, 6.45) is 2.99. The summed E-state index contributed by atoms with van der Waals surface area (Å²) in [6.45, 7) is 5.86. The number of allylic oxidation sites excluding steroid dienone is 1. The summed E-state index contributed by atoms with van der Waals surface area (Å²) in [6, 6.07) is 7.13. The molecular formula is C22H23N3O5S3. The fraction of sp³-hybridized carbons (Fsp3) is 0.364. The zero-order chi connectivity index (χ0) is 23.0. The molecule has 2 aliphatic heterocycles. The number of hydrogen-bond donors (Lipinski definition) is 0. The number of thiophene rings is 1. The van der Waals surface area contributed by atoms with Gasteiger partial charge in [0.25, 0.3) is 15.9 Å². The van der Waals surface area contributed by atoms with Crippen molar-refractivity contribution in [2.24, 2.45) is 10.9 Å². The van der Waals surface area contributed by atoms with Gasteiger partial charge in [0.2, 0.25) is 0 Å². The van der Waals surface area contributed by atoms with Crippen molar-refractivity contribution in [1.29, 1.82) is 0 Å². The SMILES string of the molecule is C=CCn1c(=NC(=O)C2CCCN(S(=O)(=O)c3cccs3)C2)sc2cc3c(cc21)OCCO3. The van der Waals surface area contributed by atoms with E-state index in [1.54, 1.807) is 23.6 Å². The Balaban J connectivity index is 1.47. The van der Waals surface area contributed by atoms with Gasteiger partial charge in [-0.05, 0) is 24.3 Å². The summed E-state index contributed by atoms with van der Waals surface area (Å²) >= 11 is 2.58. The van der Waals surface area contributed by atoms with E-state index in [1.165, 1.54) is 27.0 Å². The van der Waals surface area contributed by atoms with Crippen molar-refractivity contribution < 1.29 is 22.7 Å². The molecule has 0 N–H and O–H groups in total. The number of amides is 1. The maximum atomic E-state index is 13.1. The van der Waals surface area contributed by atoms with Crippen molar-refractivity contribution in [2.75, 3.05) is 26.3 Å². The third-order valence-electron chi connectivity index (χ3n) is 5.69. The van der Waals surface area contributed by atoms with E-state index in [9.17, 15) is 13.2 Å². The van der Waals surface area contributed by atoms with Crippen molar-refractivity contribution in [3.05, 3.63) is 47.1 Å². The van der Waals surface area contributed by atoms with Crippen LogP contribution in [0.5, 0.6) is 11.5 Å². The van der Waals surface area contributed by atoms with Crippen LogP contribution in [0.4, 0.5) is 0 Å². The Hall–Kier alpha value is -2.47. The Kier molecular flexibility index (Phi) is 6.12. The molecule has 11 heteroatoms. The molecule has 1 aromatic carbocycles.